The van der Waals surface area contributed by atoms with E-state index in [1.807, 2.05) is 0 Å². The zero-order valence-electron chi connectivity index (χ0n) is 11.7. The lowest BCUT2D eigenvalue weighted by Crippen LogP contribution is -2.32. The molecule has 2 heteroatoms. The average molecular weight is 238 g/mol. The molecule has 2 aliphatic rings. The van der Waals surface area contributed by atoms with Crippen molar-refractivity contribution >= 4 is 0 Å². The first kappa shape index (κ1) is 13.1. The van der Waals surface area contributed by atoms with Gasteiger partial charge in [-0.05, 0) is 43.9 Å². The molecule has 17 heavy (non-hydrogen) atoms. The van der Waals surface area contributed by atoms with E-state index in [4.69, 9.17) is 9.47 Å². The Hall–Kier alpha value is -0.340. The molecular weight excluding hydrogens is 212 g/mol. The lowest BCUT2D eigenvalue weighted by molar-refractivity contribution is -0.140. The lowest BCUT2D eigenvalue weighted by atomic mass is 9.65. The van der Waals surface area contributed by atoms with Crippen molar-refractivity contribution in [3.05, 3.63) is 11.1 Å². The van der Waals surface area contributed by atoms with Crippen molar-refractivity contribution in [3.8, 4) is 0 Å². The van der Waals surface area contributed by atoms with Crippen molar-refractivity contribution in [1.82, 2.24) is 0 Å². The number of ether oxygens (including phenoxy) is 2. The maximum Gasteiger partial charge on any atom is 0.159 e. The SMILES string of the molecule is COC(OC)C1CCC2=C(C1)C(C)(C)CCC2. The summed E-state index contributed by atoms with van der Waals surface area (Å²) in [7, 11) is 3.51. The Morgan fingerprint density at radius 2 is 1.88 bits per heavy atom. The first-order valence-electron chi connectivity index (χ1n) is 6.85. The highest BCUT2D eigenvalue weighted by atomic mass is 16.7. The number of methoxy groups -OCH3 is 2. The van der Waals surface area contributed by atoms with E-state index in [0.717, 1.165) is 0 Å². The molecule has 0 saturated heterocycles. The van der Waals surface area contributed by atoms with Gasteiger partial charge in [-0.15, -0.1) is 0 Å². The van der Waals surface area contributed by atoms with Gasteiger partial charge in [0.25, 0.3) is 0 Å². The number of rotatable bonds is 3. The van der Waals surface area contributed by atoms with Crippen molar-refractivity contribution in [2.24, 2.45) is 11.3 Å². The van der Waals surface area contributed by atoms with Crippen LogP contribution in [0.25, 0.3) is 0 Å². The molecule has 0 amide bonds. The van der Waals surface area contributed by atoms with Gasteiger partial charge in [0.1, 0.15) is 0 Å². The third-order valence-electron chi connectivity index (χ3n) is 4.66. The van der Waals surface area contributed by atoms with Crippen LogP contribution in [-0.4, -0.2) is 20.5 Å². The van der Waals surface area contributed by atoms with E-state index in [9.17, 15) is 0 Å². The summed E-state index contributed by atoms with van der Waals surface area (Å²) in [6.07, 6.45) is 7.66. The first-order chi connectivity index (χ1) is 8.08. The van der Waals surface area contributed by atoms with Crippen molar-refractivity contribution in [2.45, 2.75) is 58.7 Å². The van der Waals surface area contributed by atoms with Crippen LogP contribution in [0.15, 0.2) is 11.1 Å². The van der Waals surface area contributed by atoms with Gasteiger partial charge in [0.15, 0.2) is 6.29 Å². The molecule has 0 spiro atoms. The van der Waals surface area contributed by atoms with Gasteiger partial charge in [-0.1, -0.05) is 25.0 Å². The van der Waals surface area contributed by atoms with Gasteiger partial charge in [0.2, 0.25) is 0 Å². The molecular formula is C15H26O2. The summed E-state index contributed by atoms with van der Waals surface area (Å²) < 4.78 is 10.9. The Morgan fingerprint density at radius 3 is 2.53 bits per heavy atom. The van der Waals surface area contributed by atoms with Crippen LogP contribution in [0.5, 0.6) is 0 Å². The van der Waals surface area contributed by atoms with E-state index in [-0.39, 0.29) is 6.29 Å². The topological polar surface area (TPSA) is 18.5 Å². The van der Waals surface area contributed by atoms with Gasteiger partial charge in [0.05, 0.1) is 0 Å². The molecule has 0 N–H and O–H groups in total. The molecule has 0 fully saturated rings. The molecule has 0 heterocycles. The quantitative estimate of drug-likeness (QED) is 0.548. The Bertz CT molecular complexity index is 300. The minimum atomic E-state index is -0.0261. The summed E-state index contributed by atoms with van der Waals surface area (Å²) in [6, 6.07) is 0. The summed E-state index contributed by atoms with van der Waals surface area (Å²) in [4.78, 5) is 0. The van der Waals surface area contributed by atoms with E-state index in [2.05, 4.69) is 13.8 Å². The summed E-state index contributed by atoms with van der Waals surface area (Å²) in [5.74, 6) is 0.543. The van der Waals surface area contributed by atoms with Gasteiger partial charge in [-0.3, -0.25) is 0 Å². The molecule has 0 aliphatic heterocycles. The third kappa shape index (κ3) is 2.58. The third-order valence-corrected chi connectivity index (χ3v) is 4.66. The first-order valence-corrected chi connectivity index (χ1v) is 6.85. The van der Waals surface area contributed by atoms with Crippen LogP contribution in [0.3, 0.4) is 0 Å². The zero-order chi connectivity index (χ0) is 12.5. The van der Waals surface area contributed by atoms with E-state index >= 15 is 0 Å². The number of hydrogen-bond acceptors (Lipinski definition) is 2. The largest absolute Gasteiger partial charge is 0.356 e. The van der Waals surface area contributed by atoms with Gasteiger partial charge in [0, 0.05) is 20.1 Å². The molecule has 98 valence electrons. The van der Waals surface area contributed by atoms with Crippen LogP contribution < -0.4 is 0 Å². The lowest BCUT2D eigenvalue weighted by Gasteiger charge is -2.41. The summed E-state index contributed by atoms with van der Waals surface area (Å²) in [5, 5.41) is 0. The van der Waals surface area contributed by atoms with Gasteiger partial charge in [-0.2, -0.15) is 0 Å². The maximum atomic E-state index is 5.44. The molecule has 2 aliphatic carbocycles. The Labute approximate surface area is 105 Å². The van der Waals surface area contributed by atoms with E-state index in [1.165, 1.54) is 38.5 Å². The second kappa shape index (κ2) is 5.11. The summed E-state index contributed by atoms with van der Waals surface area (Å²) in [6.45, 7) is 4.80. The Kier molecular flexibility index (Phi) is 3.94. The maximum absolute atomic E-state index is 5.44. The predicted octanol–water partition coefficient (Wildman–Crippen LogP) is 3.91. The number of allylic oxidation sites excluding steroid dienone is 2. The fraction of sp³-hybridized carbons (Fsp3) is 0.867. The molecule has 0 aromatic rings. The standard InChI is InChI=1S/C15H26O2/c1-15(2)9-5-6-11-7-8-12(10-13(11)15)14(16-3)17-4/h12,14H,5-10H2,1-4H3. The van der Waals surface area contributed by atoms with Crippen LogP contribution in [0.2, 0.25) is 0 Å². The van der Waals surface area contributed by atoms with Crippen LogP contribution >= 0.6 is 0 Å². The molecule has 0 aromatic heterocycles. The zero-order valence-corrected chi connectivity index (χ0v) is 11.7. The average Bonchev–Trinajstić information content (AvgIpc) is 2.31. The van der Waals surface area contributed by atoms with Gasteiger partial charge >= 0.3 is 0 Å². The van der Waals surface area contributed by atoms with Crippen molar-refractivity contribution in [1.29, 1.82) is 0 Å². The van der Waals surface area contributed by atoms with E-state index < -0.39 is 0 Å². The fourth-order valence-electron chi connectivity index (χ4n) is 3.66. The molecule has 0 bridgehead atoms. The van der Waals surface area contributed by atoms with Crippen LogP contribution in [0, 0.1) is 11.3 Å². The van der Waals surface area contributed by atoms with Crippen molar-refractivity contribution < 1.29 is 9.47 Å². The summed E-state index contributed by atoms with van der Waals surface area (Å²) in [5.41, 5.74) is 3.85. The van der Waals surface area contributed by atoms with Crippen molar-refractivity contribution in [2.75, 3.05) is 14.2 Å². The minimum absolute atomic E-state index is 0.0261. The van der Waals surface area contributed by atoms with E-state index in [0.29, 0.717) is 11.3 Å². The van der Waals surface area contributed by atoms with Crippen molar-refractivity contribution in [3.63, 3.8) is 0 Å². The number of hydrogen-bond donors (Lipinski definition) is 0. The smallest absolute Gasteiger partial charge is 0.159 e. The molecule has 1 unspecified atom stereocenters. The summed E-state index contributed by atoms with van der Waals surface area (Å²) >= 11 is 0. The fourth-order valence-corrected chi connectivity index (χ4v) is 3.66. The molecule has 0 saturated carbocycles. The van der Waals surface area contributed by atoms with Crippen LogP contribution in [-0.2, 0) is 9.47 Å². The highest BCUT2D eigenvalue weighted by Crippen LogP contribution is 2.48. The van der Waals surface area contributed by atoms with Crippen LogP contribution in [0.1, 0.15) is 52.4 Å². The van der Waals surface area contributed by atoms with Crippen LogP contribution in [0.4, 0.5) is 0 Å². The highest BCUT2D eigenvalue weighted by molar-refractivity contribution is 5.26. The molecule has 0 aromatic carbocycles. The molecule has 2 rings (SSSR count). The minimum Gasteiger partial charge on any atom is -0.356 e. The Morgan fingerprint density at radius 1 is 1.18 bits per heavy atom. The molecule has 2 nitrogen and oxygen atoms in total. The monoisotopic (exact) mass is 238 g/mol. The normalized spacial score (nSPS) is 28.4. The van der Waals surface area contributed by atoms with E-state index in [1.54, 1.807) is 25.4 Å². The molecule has 1 atom stereocenters. The van der Waals surface area contributed by atoms with Gasteiger partial charge < -0.3 is 9.47 Å². The highest BCUT2D eigenvalue weighted by Gasteiger charge is 2.36. The second-order valence-corrected chi connectivity index (χ2v) is 6.16. The van der Waals surface area contributed by atoms with Gasteiger partial charge in [-0.25, -0.2) is 0 Å². The predicted molar refractivity (Wildman–Crippen MR) is 69.8 cm³/mol. The molecule has 0 radical (unpaired) electrons. The second-order valence-electron chi connectivity index (χ2n) is 6.16. The Balaban J connectivity index is 2.15.